The third kappa shape index (κ3) is 5.35. The van der Waals surface area contributed by atoms with Crippen LogP contribution >= 0.6 is 0 Å². The molecule has 3 atom stereocenters. The van der Waals surface area contributed by atoms with Crippen molar-refractivity contribution in [3.8, 4) is 11.4 Å². The summed E-state index contributed by atoms with van der Waals surface area (Å²) in [7, 11) is 0. The lowest BCUT2D eigenvalue weighted by molar-refractivity contribution is 0.0461. The molecule has 6 rings (SSSR count). The van der Waals surface area contributed by atoms with Gasteiger partial charge in [0.25, 0.3) is 0 Å². The van der Waals surface area contributed by atoms with E-state index in [1.165, 1.54) is 62.6 Å². The number of nitrogens with zero attached hydrogens (tertiary/aromatic N) is 1. The third-order valence-corrected chi connectivity index (χ3v) is 9.06. The molecule has 3 nitrogen and oxygen atoms in total. The molecule has 41 heavy (non-hydrogen) atoms. The minimum atomic E-state index is 0.275. The number of para-hydroxylation sites is 1. The SMILES string of the molecule is Cc1cc(C)cc(Nc2cc(C)cc(C)c2-n2c3ccccc3c3cc(O[C@@H]4C[C@H](C)CC[C@H]4C(C)C)ccc32)c1. The number of hydrogen-bond acceptors (Lipinski definition) is 2. The van der Waals surface area contributed by atoms with Crippen molar-refractivity contribution >= 4 is 33.2 Å². The van der Waals surface area contributed by atoms with E-state index in [-0.39, 0.29) is 6.10 Å². The molecule has 1 saturated carbocycles. The molecule has 0 saturated heterocycles. The topological polar surface area (TPSA) is 26.2 Å². The van der Waals surface area contributed by atoms with E-state index >= 15 is 0 Å². The molecule has 0 radical (unpaired) electrons. The third-order valence-electron chi connectivity index (χ3n) is 9.06. The highest BCUT2D eigenvalue weighted by Crippen LogP contribution is 2.41. The highest BCUT2D eigenvalue weighted by Gasteiger charge is 2.32. The smallest absolute Gasteiger partial charge is 0.120 e. The molecule has 1 N–H and O–H groups in total. The lowest BCUT2D eigenvalue weighted by Gasteiger charge is -2.37. The van der Waals surface area contributed by atoms with Crippen molar-refractivity contribution in [2.75, 3.05) is 5.32 Å². The maximum Gasteiger partial charge on any atom is 0.120 e. The van der Waals surface area contributed by atoms with Crippen LogP contribution in [-0.2, 0) is 0 Å². The van der Waals surface area contributed by atoms with Gasteiger partial charge in [-0.1, -0.05) is 57.5 Å². The van der Waals surface area contributed by atoms with E-state index in [1.807, 2.05) is 0 Å². The van der Waals surface area contributed by atoms with Crippen molar-refractivity contribution in [2.24, 2.45) is 17.8 Å². The summed E-state index contributed by atoms with van der Waals surface area (Å²) in [4.78, 5) is 0. The summed E-state index contributed by atoms with van der Waals surface area (Å²) in [5.74, 6) is 2.94. The number of fused-ring (bicyclic) bond motifs is 3. The number of anilines is 2. The van der Waals surface area contributed by atoms with Crippen LogP contribution in [0.3, 0.4) is 0 Å². The van der Waals surface area contributed by atoms with E-state index in [0.717, 1.165) is 23.5 Å². The quantitative estimate of drug-likeness (QED) is 0.230. The van der Waals surface area contributed by atoms with E-state index < -0.39 is 0 Å². The minimum Gasteiger partial charge on any atom is -0.490 e. The maximum atomic E-state index is 6.81. The van der Waals surface area contributed by atoms with E-state index in [1.54, 1.807) is 0 Å². The maximum absolute atomic E-state index is 6.81. The Bertz CT molecular complexity index is 1710. The Kier molecular flexibility index (Phi) is 7.32. The minimum absolute atomic E-state index is 0.275. The van der Waals surface area contributed by atoms with Gasteiger partial charge in [-0.2, -0.15) is 0 Å². The number of ether oxygens (including phenoxy) is 1. The summed E-state index contributed by atoms with van der Waals surface area (Å²) in [5.41, 5.74) is 10.8. The Labute approximate surface area is 245 Å². The number of rotatable bonds is 6. The molecule has 3 heteroatoms. The normalized spacial score (nSPS) is 19.3. The second-order valence-corrected chi connectivity index (χ2v) is 13.0. The van der Waals surface area contributed by atoms with Gasteiger partial charge in [0, 0.05) is 16.5 Å². The number of aromatic nitrogens is 1. The van der Waals surface area contributed by atoms with Gasteiger partial charge in [0.1, 0.15) is 11.9 Å². The van der Waals surface area contributed by atoms with Crippen molar-refractivity contribution in [3.05, 3.63) is 95.1 Å². The molecule has 212 valence electrons. The van der Waals surface area contributed by atoms with Crippen LogP contribution in [0.5, 0.6) is 5.75 Å². The van der Waals surface area contributed by atoms with Gasteiger partial charge in [-0.3, -0.25) is 0 Å². The molecule has 0 amide bonds. The number of nitrogens with one attached hydrogen (secondary N) is 1. The van der Waals surface area contributed by atoms with Crippen molar-refractivity contribution < 1.29 is 4.74 Å². The summed E-state index contributed by atoms with van der Waals surface area (Å²) < 4.78 is 9.25. The summed E-state index contributed by atoms with van der Waals surface area (Å²) >= 11 is 0. The van der Waals surface area contributed by atoms with Crippen LogP contribution in [0.15, 0.2) is 72.8 Å². The highest BCUT2D eigenvalue weighted by atomic mass is 16.5. The fourth-order valence-electron chi connectivity index (χ4n) is 7.25. The van der Waals surface area contributed by atoms with Crippen molar-refractivity contribution in [1.82, 2.24) is 4.57 Å². The van der Waals surface area contributed by atoms with Crippen LogP contribution in [0.4, 0.5) is 11.4 Å². The van der Waals surface area contributed by atoms with Gasteiger partial charge in [0.2, 0.25) is 0 Å². The predicted molar refractivity (Wildman–Crippen MR) is 175 cm³/mol. The standard InChI is InChI=1S/C38H44N2O/c1-23(2)31-14-12-24(3)21-37(31)41-30-13-15-36-33(22-30)32-10-8-9-11-35(32)40(36)38-28(7)17-27(6)20-34(38)39-29-18-25(4)16-26(5)19-29/h8-11,13,15-20,22-24,31,37,39H,12,14,21H2,1-7H3/t24-,31+,37-/m1/s1. The van der Waals surface area contributed by atoms with Crippen molar-refractivity contribution in [2.45, 2.75) is 73.8 Å². The second kappa shape index (κ2) is 10.9. The fourth-order valence-corrected chi connectivity index (χ4v) is 7.25. The molecule has 0 bridgehead atoms. The van der Waals surface area contributed by atoms with Gasteiger partial charge in [-0.05, 0) is 123 Å². The molecule has 4 aromatic carbocycles. The van der Waals surface area contributed by atoms with Crippen molar-refractivity contribution in [1.29, 1.82) is 0 Å². The first-order valence-corrected chi connectivity index (χ1v) is 15.3. The second-order valence-electron chi connectivity index (χ2n) is 13.0. The zero-order chi connectivity index (χ0) is 28.8. The summed E-state index contributed by atoms with van der Waals surface area (Å²) in [6.45, 7) is 15.8. The van der Waals surface area contributed by atoms with E-state index in [0.29, 0.717) is 17.8 Å². The number of benzene rings is 4. The average Bonchev–Trinajstić information content (AvgIpc) is 3.21. The molecule has 0 aliphatic heterocycles. The van der Waals surface area contributed by atoms with Gasteiger partial charge in [0.05, 0.1) is 22.4 Å². The molecule has 0 unspecified atom stereocenters. The van der Waals surface area contributed by atoms with Crippen LogP contribution in [0.1, 0.15) is 62.3 Å². The molecule has 1 heterocycles. The zero-order valence-electron chi connectivity index (χ0n) is 25.7. The Balaban J connectivity index is 1.49. The first-order chi connectivity index (χ1) is 19.7. The number of aryl methyl sites for hydroxylation is 4. The zero-order valence-corrected chi connectivity index (χ0v) is 25.7. The fraction of sp³-hybridized carbons (Fsp3) is 0.368. The summed E-state index contributed by atoms with van der Waals surface area (Å²) in [5, 5.41) is 6.28. The monoisotopic (exact) mass is 544 g/mol. The molecular weight excluding hydrogens is 500 g/mol. The van der Waals surface area contributed by atoms with Gasteiger partial charge in [0.15, 0.2) is 0 Å². The predicted octanol–water partition coefficient (Wildman–Crippen LogP) is 10.6. The van der Waals surface area contributed by atoms with E-state index in [4.69, 9.17) is 4.74 Å². The Morgan fingerprint density at radius 1 is 0.780 bits per heavy atom. The summed E-state index contributed by atoms with van der Waals surface area (Å²) in [6, 6.07) is 26.7. The molecular formula is C38H44N2O. The lowest BCUT2D eigenvalue weighted by atomic mass is 9.75. The molecule has 1 aliphatic carbocycles. The average molecular weight is 545 g/mol. The van der Waals surface area contributed by atoms with Gasteiger partial charge in [-0.25, -0.2) is 0 Å². The van der Waals surface area contributed by atoms with Crippen LogP contribution in [-0.4, -0.2) is 10.7 Å². The van der Waals surface area contributed by atoms with Gasteiger partial charge < -0.3 is 14.6 Å². The largest absolute Gasteiger partial charge is 0.490 e. The molecule has 1 aromatic heterocycles. The number of hydrogen-bond donors (Lipinski definition) is 1. The Morgan fingerprint density at radius 3 is 2.24 bits per heavy atom. The van der Waals surface area contributed by atoms with E-state index in [2.05, 4.69) is 131 Å². The van der Waals surface area contributed by atoms with Gasteiger partial charge >= 0.3 is 0 Å². The molecule has 5 aromatic rings. The Morgan fingerprint density at radius 2 is 1.49 bits per heavy atom. The first-order valence-electron chi connectivity index (χ1n) is 15.3. The lowest BCUT2D eigenvalue weighted by Crippen LogP contribution is -2.36. The van der Waals surface area contributed by atoms with Crippen LogP contribution in [0.25, 0.3) is 27.5 Å². The van der Waals surface area contributed by atoms with Crippen LogP contribution in [0, 0.1) is 45.4 Å². The molecule has 0 spiro atoms. The summed E-state index contributed by atoms with van der Waals surface area (Å²) in [6.07, 6.45) is 3.98. The van der Waals surface area contributed by atoms with Crippen LogP contribution in [0.2, 0.25) is 0 Å². The van der Waals surface area contributed by atoms with E-state index in [9.17, 15) is 0 Å². The molecule has 1 fully saturated rings. The van der Waals surface area contributed by atoms with Crippen LogP contribution < -0.4 is 10.1 Å². The van der Waals surface area contributed by atoms with Crippen molar-refractivity contribution in [3.63, 3.8) is 0 Å². The molecule has 1 aliphatic rings. The van der Waals surface area contributed by atoms with Gasteiger partial charge in [-0.15, -0.1) is 0 Å². The Hall–Kier alpha value is -3.72. The highest BCUT2D eigenvalue weighted by molar-refractivity contribution is 6.10. The first kappa shape index (κ1) is 27.4.